The van der Waals surface area contributed by atoms with E-state index < -0.39 is 17.2 Å². The molecule has 7 heteroatoms. The van der Waals surface area contributed by atoms with Gasteiger partial charge in [-0.2, -0.15) is 13.2 Å². The SMILES string of the molecule is Cl.NCCC(=O)NCC1(c2cccc(C(F)(F)F)c2)CCCC1. The van der Waals surface area contributed by atoms with Crippen LogP contribution in [0.15, 0.2) is 24.3 Å². The number of benzene rings is 1. The molecule has 0 unspecified atom stereocenters. The third-order valence-electron chi connectivity index (χ3n) is 4.36. The van der Waals surface area contributed by atoms with Gasteiger partial charge in [-0.1, -0.05) is 31.0 Å². The number of carbonyl (C=O) groups is 1. The van der Waals surface area contributed by atoms with Gasteiger partial charge in [0.15, 0.2) is 0 Å². The van der Waals surface area contributed by atoms with Crippen molar-refractivity contribution < 1.29 is 18.0 Å². The van der Waals surface area contributed by atoms with E-state index >= 15 is 0 Å². The molecule has 23 heavy (non-hydrogen) atoms. The topological polar surface area (TPSA) is 55.1 Å². The van der Waals surface area contributed by atoms with Crippen molar-refractivity contribution in [1.82, 2.24) is 5.32 Å². The van der Waals surface area contributed by atoms with Gasteiger partial charge < -0.3 is 11.1 Å². The van der Waals surface area contributed by atoms with E-state index in [2.05, 4.69) is 5.32 Å². The Balaban J connectivity index is 0.00000264. The van der Waals surface area contributed by atoms with E-state index in [4.69, 9.17) is 5.73 Å². The molecule has 1 amide bonds. The van der Waals surface area contributed by atoms with Gasteiger partial charge in [-0.05, 0) is 24.5 Å². The second-order valence-electron chi connectivity index (χ2n) is 5.88. The van der Waals surface area contributed by atoms with E-state index in [1.165, 1.54) is 12.1 Å². The van der Waals surface area contributed by atoms with Crippen molar-refractivity contribution in [1.29, 1.82) is 0 Å². The summed E-state index contributed by atoms with van der Waals surface area (Å²) in [6.45, 7) is 0.634. The van der Waals surface area contributed by atoms with Crippen LogP contribution in [0.3, 0.4) is 0 Å². The summed E-state index contributed by atoms with van der Waals surface area (Å²) in [6, 6.07) is 5.48. The second-order valence-corrected chi connectivity index (χ2v) is 5.88. The fraction of sp³-hybridized carbons (Fsp3) is 0.562. The van der Waals surface area contributed by atoms with Crippen molar-refractivity contribution in [2.24, 2.45) is 5.73 Å². The van der Waals surface area contributed by atoms with Crippen molar-refractivity contribution in [3.8, 4) is 0 Å². The van der Waals surface area contributed by atoms with Gasteiger partial charge >= 0.3 is 6.18 Å². The van der Waals surface area contributed by atoms with Gasteiger partial charge in [-0.15, -0.1) is 12.4 Å². The molecule has 1 aliphatic rings. The van der Waals surface area contributed by atoms with Gasteiger partial charge in [-0.3, -0.25) is 4.79 Å². The van der Waals surface area contributed by atoms with Gasteiger partial charge in [0, 0.05) is 24.9 Å². The number of carbonyl (C=O) groups excluding carboxylic acids is 1. The summed E-state index contributed by atoms with van der Waals surface area (Å²) in [5.74, 6) is -0.152. The molecule has 1 fully saturated rings. The van der Waals surface area contributed by atoms with Crippen LogP contribution in [0, 0.1) is 0 Å². The molecule has 0 aliphatic heterocycles. The minimum absolute atomic E-state index is 0. The van der Waals surface area contributed by atoms with Gasteiger partial charge in [-0.25, -0.2) is 0 Å². The Morgan fingerprint density at radius 2 is 1.91 bits per heavy atom. The zero-order chi connectivity index (χ0) is 16.2. The number of nitrogens with one attached hydrogen (secondary N) is 1. The highest BCUT2D eigenvalue weighted by atomic mass is 35.5. The Morgan fingerprint density at radius 3 is 2.48 bits per heavy atom. The Labute approximate surface area is 140 Å². The maximum atomic E-state index is 12.9. The highest BCUT2D eigenvalue weighted by Crippen LogP contribution is 2.42. The molecule has 0 aromatic heterocycles. The fourth-order valence-corrected chi connectivity index (χ4v) is 3.13. The first-order valence-electron chi connectivity index (χ1n) is 7.52. The summed E-state index contributed by atoms with van der Waals surface area (Å²) < 4.78 is 38.7. The predicted octanol–water partition coefficient (Wildman–Crippen LogP) is 3.40. The molecule has 2 rings (SSSR count). The van der Waals surface area contributed by atoms with Crippen molar-refractivity contribution in [2.75, 3.05) is 13.1 Å². The summed E-state index contributed by atoms with van der Waals surface area (Å²) in [7, 11) is 0. The van der Waals surface area contributed by atoms with Gasteiger partial charge in [0.1, 0.15) is 0 Å². The van der Waals surface area contributed by atoms with Crippen LogP contribution in [-0.4, -0.2) is 19.0 Å². The monoisotopic (exact) mass is 350 g/mol. The average molecular weight is 351 g/mol. The molecular formula is C16H22ClF3N2O. The fourth-order valence-electron chi connectivity index (χ4n) is 3.13. The lowest BCUT2D eigenvalue weighted by atomic mass is 9.78. The predicted molar refractivity (Wildman–Crippen MR) is 85.5 cm³/mol. The first kappa shape index (κ1) is 19.8. The van der Waals surface area contributed by atoms with Crippen molar-refractivity contribution >= 4 is 18.3 Å². The quantitative estimate of drug-likeness (QED) is 0.855. The number of amides is 1. The number of nitrogens with two attached hydrogens (primary N) is 1. The lowest BCUT2D eigenvalue weighted by Gasteiger charge is -2.30. The van der Waals surface area contributed by atoms with Gasteiger partial charge in [0.25, 0.3) is 0 Å². The maximum absolute atomic E-state index is 12.9. The molecule has 0 heterocycles. The normalized spacial score (nSPS) is 16.7. The highest BCUT2D eigenvalue weighted by Gasteiger charge is 2.38. The molecule has 0 atom stereocenters. The van der Waals surface area contributed by atoms with E-state index in [1.807, 2.05) is 0 Å². The standard InChI is InChI=1S/C16H21F3N2O.ClH/c17-16(18,19)13-5-3-4-12(10-13)15(7-1-2-8-15)11-21-14(22)6-9-20;/h3-5,10H,1-2,6-9,11,20H2,(H,21,22);1H. The third-order valence-corrected chi connectivity index (χ3v) is 4.36. The maximum Gasteiger partial charge on any atom is 0.416 e. The average Bonchev–Trinajstić information content (AvgIpc) is 2.95. The van der Waals surface area contributed by atoms with E-state index in [1.54, 1.807) is 6.07 Å². The minimum Gasteiger partial charge on any atom is -0.355 e. The Bertz CT molecular complexity index is 528. The van der Waals surface area contributed by atoms with Crippen LogP contribution in [0.25, 0.3) is 0 Å². The third kappa shape index (κ3) is 4.85. The van der Waals surface area contributed by atoms with Crippen molar-refractivity contribution in [3.63, 3.8) is 0 Å². The van der Waals surface area contributed by atoms with Crippen LogP contribution in [0.2, 0.25) is 0 Å². The van der Waals surface area contributed by atoms with Crippen LogP contribution < -0.4 is 11.1 Å². The molecule has 0 saturated heterocycles. The summed E-state index contributed by atoms with van der Waals surface area (Å²) in [5, 5.41) is 2.82. The van der Waals surface area contributed by atoms with E-state index in [-0.39, 0.29) is 31.3 Å². The first-order chi connectivity index (χ1) is 10.4. The molecule has 3 nitrogen and oxygen atoms in total. The van der Waals surface area contributed by atoms with Crippen LogP contribution in [0.5, 0.6) is 0 Å². The van der Waals surface area contributed by atoms with Crippen LogP contribution in [0.1, 0.15) is 43.2 Å². The zero-order valence-corrected chi connectivity index (χ0v) is 13.6. The number of halogens is 4. The summed E-state index contributed by atoms with van der Waals surface area (Å²) in [6.07, 6.45) is -0.613. The summed E-state index contributed by atoms with van der Waals surface area (Å²) >= 11 is 0. The molecule has 0 radical (unpaired) electrons. The van der Waals surface area contributed by atoms with Crippen molar-refractivity contribution in [3.05, 3.63) is 35.4 Å². The lowest BCUT2D eigenvalue weighted by molar-refractivity contribution is -0.137. The first-order valence-corrected chi connectivity index (χ1v) is 7.52. The smallest absolute Gasteiger partial charge is 0.355 e. The Hall–Kier alpha value is -1.27. The molecule has 130 valence electrons. The highest BCUT2D eigenvalue weighted by molar-refractivity contribution is 5.85. The zero-order valence-electron chi connectivity index (χ0n) is 12.8. The summed E-state index contributed by atoms with van der Waals surface area (Å²) in [5.41, 5.74) is 4.97. The number of hydrogen-bond donors (Lipinski definition) is 2. The summed E-state index contributed by atoms with van der Waals surface area (Å²) in [4.78, 5) is 11.6. The van der Waals surface area contributed by atoms with Crippen molar-refractivity contribution in [2.45, 2.75) is 43.7 Å². The van der Waals surface area contributed by atoms with Crippen LogP contribution in [0.4, 0.5) is 13.2 Å². The number of hydrogen-bond acceptors (Lipinski definition) is 2. The lowest BCUT2D eigenvalue weighted by Crippen LogP contribution is -2.39. The number of rotatable bonds is 5. The molecule has 3 N–H and O–H groups in total. The molecule has 0 spiro atoms. The van der Waals surface area contributed by atoms with E-state index in [9.17, 15) is 18.0 Å². The van der Waals surface area contributed by atoms with Gasteiger partial charge in [0.2, 0.25) is 5.91 Å². The van der Waals surface area contributed by atoms with Crippen LogP contribution in [-0.2, 0) is 16.4 Å². The Morgan fingerprint density at radius 1 is 1.26 bits per heavy atom. The molecular weight excluding hydrogens is 329 g/mol. The molecule has 1 aromatic rings. The molecule has 1 saturated carbocycles. The minimum atomic E-state index is -4.35. The largest absolute Gasteiger partial charge is 0.416 e. The van der Waals surface area contributed by atoms with E-state index in [0.29, 0.717) is 12.1 Å². The second kappa shape index (κ2) is 8.02. The van der Waals surface area contributed by atoms with E-state index in [0.717, 1.165) is 31.7 Å². The van der Waals surface area contributed by atoms with Crippen LogP contribution >= 0.6 is 12.4 Å². The van der Waals surface area contributed by atoms with Gasteiger partial charge in [0.05, 0.1) is 5.56 Å². The molecule has 1 aliphatic carbocycles. The Kier molecular flexibility index (Phi) is 6.89. The number of alkyl halides is 3. The molecule has 0 bridgehead atoms. The molecule has 1 aromatic carbocycles.